The molecule has 0 amide bonds. The maximum Gasteiger partial charge on any atom is 0.129 e. The molecule has 6 heteroatoms. The molecule has 136 valence electrons. The number of aromatic hydroxyl groups is 1. The van der Waals surface area contributed by atoms with Crippen molar-refractivity contribution in [2.24, 2.45) is 0 Å². The Morgan fingerprint density at radius 3 is 1.42 bits per heavy atom. The Labute approximate surface area is 149 Å². The summed E-state index contributed by atoms with van der Waals surface area (Å²) in [5.41, 5.74) is 0.604. The second kappa shape index (κ2) is 13.8. The summed E-state index contributed by atoms with van der Waals surface area (Å²) in [7, 11) is 0. The maximum atomic E-state index is 12.2. The standard InChI is InChI=1S/C7H6F2.C6H4F2O.C4H9Br.CH4/c1-5-2-6(8)4-7(9)3-5;7-4-1-5(8)3-6(9)2-4;1-2-3-4-5;/h2-4H,1H3;1-3,9H;2-4H2,1H3;1H4. The van der Waals surface area contributed by atoms with Crippen LogP contribution in [0.15, 0.2) is 36.4 Å². The van der Waals surface area contributed by atoms with E-state index in [1.807, 2.05) is 0 Å². The van der Waals surface area contributed by atoms with Crippen molar-refractivity contribution in [2.75, 3.05) is 5.33 Å². The van der Waals surface area contributed by atoms with Crippen LogP contribution in [0.3, 0.4) is 0 Å². The number of hydrogen-bond acceptors (Lipinski definition) is 1. The summed E-state index contributed by atoms with van der Waals surface area (Å²) in [5.74, 6) is -2.98. The van der Waals surface area contributed by atoms with Gasteiger partial charge in [0, 0.05) is 29.6 Å². The second-order valence-corrected chi connectivity index (χ2v) is 5.41. The van der Waals surface area contributed by atoms with Crippen molar-refractivity contribution in [2.45, 2.75) is 34.1 Å². The van der Waals surface area contributed by atoms with E-state index in [1.54, 1.807) is 6.92 Å². The molecule has 2 aromatic carbocycles. The predicted molar refractivity (Wildman–Crippen MR) is 94.6 cm³/mol. The van der Waals surface area contributed by atoms with Gasteiger partial charge < -0.3 is 5.11 Å². The summed E-state index contributed by atoms with van der Waals surface area (Å²) >= 11 is 3.31. The van der Waals surface area contributed by atoms with Crippen molar-refractivity contribution in [3.05, 3.63) is 65.2 Å². The molecule has 0 spiro atoms. The van der Waals surface area contributed by atoms with Crippen molar-refractivity contribution in [3.63, 3.8) is 0 Å². The number of aryl methyl sites for hydroxylation is 1. The normalized spacial score (nSPS) is 8.96. The van der Waals surface area contributed by atoms with Crippen LogP contribution in [0.2, 0.25) is 0 Å². The lowest BCUT2D eigenvalue weighted by Crippen LogP contribution is -1.80. The summed E-state index contributed by atoms with van der Waals surface area (Å²) in [6.07, 6.45) is 2.60. The molecule has 0 aliphatic heterocycles. The molecule has 0 heterocycles. The van der Waals surface area contributed by atoms with Gasteiger partial charge in [0.15, 0.2) is 0 Å². The van der Waals surface area contributed by atoms with Crippen LogP contribution < -0.4 is 0 Å². The zero-order chi connectivity index (χ0) is 17.8. The van der Waals surface area contributed by atoms with Gasteiger partial charge in [0.1, 0.15) is 29.0 Å². The van der Waals surface area contributed by atoms with Gasteiger partial charge in [0.05, 0.1) is 0 Å². The van der Waals surface area contributed by atoms with Crippen LogP contribution in [0, 0.1) is 30.2 Å². The molecule has 0 unspecified atom stereocenters. The molecule has 0 aliphatic rings. The first-order valence-corrected chi connectivity index (χ1v) is 8.04. The van der Waals surface area contributed by atoms with Crippen LogP contribution >= 0.6 is 15.9 Å². The number of halogens is 5. The minimum atomic E-state index is -0.771. The van der Waals surface area contributed by atoms with Gasteiger partial charge in [-0.15, -0.1) is 0 Å². The minimum absolute atomic E-state index is 0. The largest absolute Gasteiger partial charge is 0.508 e. The molecular weight excluding hydrogens is 388 g/mol. The predicted octanol–water partition coefficient (Wildman–Crippen LogP) is 6.76. The average Bonchev–Trinajstić information content (AvgIpc) is 2.37. The molecule has 0 saturated carbocycles. The highest BCUT2D eigenvalue weighted by atomic mass is 79.9. The molecule has 0 saturated heterocycles. The Morgan fingerprint density at radius 2 is 1.21 bits per heavy atom. The van der Waals surface area contributed by atoms with E-state index in [0.717, 1.165) is 23.5 Å². The molecule has 0 aliphatic carbocycles. The molecule has 0 radical (unpaired) electrons. The fourth-order valence-electron chi connectivity index (χ4n) is 1.36. The quantitative estimate of drug-likeness (QED) is 0.428. The SMILES string of the molecule is C.CCCCBr.Cc1cc(F)cc(F)c1.Oc1cc(F)cc(F)c1. The van der Waals surface area contributed by atoms with Gasteiger partial charge in [-0.05, 0) is 31.0 Å². The second-order valence-electron chi connectivity index (χ2n) is 4.62. The van der Waals surface area contributed by atoms with Crippen LogP contribution in [0.5, 0.6) is 5.75 Å². The molecule has 1 nitrogen and oxygen atoms in total. The minimum Gasteiger partial charge on any atom is -0.508 e. The van der Waals surface area contributed by atoms with E-state index in [0.29, 0.717) is 11.6 Å². The lowest BCUT2D eigenvalue weighted by molar-refractivity contribution is 0.460. The summed E-state index contributed by atoms with van der Waals surface area (Å²) in [5, 5.41) is 9.67. The molecule has 0 fully saturated rings. The zero-order valence-electron chi connectivity index (χ0n) is 12.9. The third-order valence-electron chi connectivity index (χ3n) is 2.34. The molecule has 0 atom stereocenters. The molecular formula is C18H23BrF4O. The fraction of sp³-hybridized carbons (Fsp3) is 0.333. The lowest BCUT2D eigenvalue weighted by Gasteiger charge is -1.91. The number of rotatable bonds is 2. The van der Waals surface area contributed by atoms with E-state index in [-0.39, 0.29) is 7.43 Å². The van der Waals surface area contributed by atoms with Gasteiger partial charge >= 0.3 is 0 Å². The Hall–Kier alpha value is -1.56. The number of phenols is 1. The molecule has 2 aromatic rings. The number of unbranched alkanes of at least 4 members (excludes halogenated alkanes) is 1. The van der Waals surface area contributed by atoms with Gasteiger partial charge in [-0.3, -0.25) is 0 Å². The van der Waals surface area contributed by atoms with Gasteiger partial charge in [0.25, 0.3) is 0 Å². The van der Waals surface area contributed by atoms with Gasteiger partial charge in [-0.2, -0.15) is 0 Å². The van der Waals surface area contributed by atoms with Crippen LogP contribution in [0.1, 0.15) is 32.8 Å². The third kappa shape index (κ3) is 12.9. The average molecular weight is 411 g/mol. The first-order valence-electron chi connectivity index (χ1n) is 6.92. The number of alkyl halides is 1. The van der Waals surface area contributed by atoms with Crippen molar-refractivity contribution in [3.8, 4) is 5.75 Å². The summed E-state index contributed by atoms with van der Waals surface area (Å²) in [4.78, 5) is 0. The number of hydrogen-bond donors (Lipinski definition) is 1. The van der Waals surface area contributed by atoms with Crippen molar-refractivity contribution < 1.29 is 22.7 Å². The van der Waals surface area contributed by atoms with Gasteiger partial charge in [-0.25, -0.2) is 17.6 Å². The Morgan fingerprint density at radius 1 is 0.833 bits per heavy atom. The van der Waals surface area contributed by atoms with Crippen molar-refractivity contribution >= 4 is 15.9 Å². The summed E-state index contributed by atoms with van der Waals surface area (Å²) in [6.45, 7) is 3.83. The van der Waals surface area contributed by atoms with Crippen LogP contribution in [0.4, 0.5) is 17.6 Å². The third-order valence-corrected chi connectivity index (χ3v) is 2.90. The monoisotopic (exact) mass is 410 g/mol. The van der Waals surface area contributed by atoms with E-state index >= 15 is 0 Å². The van der Waals surface area contributed by atoms with E-state index in [9.17, 15) is 17.6 Å². The van der Waals surface area contributed by atoms with Crippen LogP contribution in [-0.4, -0.2) is 10.4 Å². The van der Waals surface area contributed by atoms with Gasteiger partial charge in [-0.1, -0.05) is 36.7 Å². The Balaban J connectivity index is 0. The number of benzene rings is 2. The first kappa shape index (κ1) is 24.7. The summed E-state index contributed by atoms with van der Waals surface area (Å²) in [6, 6.07) is 5.78. The van der Waals surface area contributed by atoms with Crippen molar-refractivity contribution in [1.29, 1.82) is 0 Å². The Bertz CT molecular complexity index is 439. The lowest BCUT2D eigenvalue weighted by atomic mass is 10.2. The zero-order valence-corrected chi connectivity index (χ0v) is 14.5. The molecule has 24 heavy (non-hydrogen) atoms. The topological polar surface area (TPSA) is 20.2 Å². The summed E-state index contributed by atoms with van der Waals surface area (Å²) < 4.78 is 48.4. The number of phenolic OH excluding ortho intramolecular Hbond substituents is 1. The van der Waals surface area contributed by atoms with E-state index in [2.05, 4.69) is 22.9 Å². The fourth-order valence-corrected chi connectivity index (χ4v) is 1.93. The maximum absolute atomic E-state index is 12.2. The van der Waals surface area contributed by atoms with Gasteiger partial charge in [0.2, 0.25) is 0 Å². The first-order chi connectivity index (χ1) is 10.8. The highest BCUT2D eigenvalue weighted by molar-refractivity contribution is 9.09. The van der Waals surface area contributed by atoms with E-state index in [1.165, 1.54) is 25.0 Å². The highest BCUT2D eigenvalue weighted by Gasteiger charge is 1.96. The molecule has 2 rings (SSSR count). The van der Waals surface area contributed by atoms with Crippen molar-refractivity contribution in [1.82, 2.24) is 0 Å². The highest BCUT2D eigenvalue weighted by Crippen LogP contribution is 2.12. The molecule has 1 N–H and O–H groups in total. The molecule has 0 bridgehead atoms. The molecule has 0 aromatic heterocycles. The van der Waals surface area contributed by atoms with Crippen LogP contribution in [0.25, 0.3) is 0 Å². The van der Waals surface area contributed by atoms with E-state index in [4.69, 9.17) is 5.11 Å². The van der Waals surface area contributed by atoms with E-state index < -0.39 is 29.0 Å². The van der Waals surface area contributed by atoms with Crippen LogP contribution in [-0.2, 0) is 0 Å². The Kier molecular flexibility index (Phi) is 14.2. The smallest absolute Gasteiger partial charge is 0.129 e.